The van der Waals surface area contributed by atoms with Gasteiger partial charge in [0.2, 0.25) is 5.91 Å². The second-order valence-electron chi connectivity index (χ2n) is 7.27. The summed E-state index contributed by atoms with van der Waals surface area (Å²) in [7, 11) is -3.33. The van der Waals surface area contributed by atoms with Gasteiger partial charge in [-0.25, -0.2) is 12.8 Å². The number of nitrogens with one attached hydrogen (secondary N) is 1. The van der Waals surface area contributed by atoms with Crippen LogP contribution in [0.2, 0.25) is 0 Å². The SMILES string of the molecule is COc1ccc(C)cc1S(=O)(=O)N(CC(=O)Nc1cccc(F)c1)c1cccc(C(F)(F)F)c1. The van der Waals surface area contributed by atoms with Gasteiger partial charge in [0.1, 0.15) is 23.0 Å². The molecular weight excluding hydrogens is 476 g/mol. The second-order valence-corrected chi connectivity index (χ2v) is 9.10. The van der Waals surface area contributed by atoms with E-state index in [9.17, 15) is 30.8 Å². The van der Waals surface area contributed by atoms with Crippen LogP contribution in [-0.4, -0.2) is 28.0 Å². The lowest BCUT2D eigenvalue weighted by Crippen LogP contribution is -2.38. The Morgan fingerprint density at radius 2 is 1.74 bits per heavy atom. The molecule has 1 amide bonds. The maximum atomic E-state index is 13.6. The van der Waals surface area contributed by atoms with E-state index in [4.69, 9.17) is 4.74 Å². The zero-order chi connectivity index (χ0) is 25.1. The highest BCUT2D eigenvalue weighted by Crippen LogP contribution is 2.35. The minimum Gasteiger partial charge on any atom is -0.495 e. The molecule has 0 aliphatic carbocycles. The number of benzene rings is 3. The minimum absolute atomic E-state index is 0.0480. The number of sulfonamides is 1. The fourth-order valence-corrected chi connectivity index (χ4v) is 4.81. The molecule has 0 saturated carbocycles. The first kappa shape index (κ1) is 25.0. The van der Waals surface area contributed by atoms with E-state index in [0.717, 1.165) is 30.3 Å². The van der Waals surface area contributed by atoms with Crippen LogP contribution in [0, 0.1) is 12.7 Å². The minimum atomic E-state index is -4.74. The van der Waals surface area contributed by atoms with Crippen molar-refractivity contribution in [3.63, 3.8) is 0 Å². The number of hydrogen-bond acceptors (Lipinski definition) is 4. The lowest BCUT2D eigenvalue weighted by atomic mass is 10.2. The van der Waals surface area contributed by atoms with Gasteiger partial charge in [-0.2, -0.15) is 13.2 Å². The van der Waals surface area contributed by atoms with Gasteiger partial charge in [-0.1, -0.05) is 18.2 Å². The molecule has 180 valence electrons. The maximum absolute atomic E-state index is 13.6. The number of amides is 1. The van der Waals surface area contributed by atoms with Gasteiger partial charge in [0.25, 0.3) is 10.0 Å². The molecular formula is C23H20F4N2O4S. The number of halogens is 4. The predicted octanol–water partition coefficient (Wildman–Crippen LogP) is 5.00. The summed E-state index contributed by atoms with van der Waals surface area (Å²) in [5, 5.41) is 2.35. The van der Waals surface area contributed by atoms with Crippen molar-refractivity contribution in [1.29, 1.82) is 0 Å². The monoisotopic (exact) mass is 496 g/mol. The average Bonchev–Trinajstić information content (AvgIpc) is 2.77. The number of ether oxygens (including phenoxy) is 1. The van der Waals surface area contributed by atoms with Crippen LogP contribution in [-0.2, 0) is 21.0 Å². The first-order valence-corrected chi connectivity index (χ1v) is 11.3. The fourth-order valence-electron chi connectivity index (χ4n) is 3.15. The maximum Gasteiger partial charge on any atom is 0.416 e. The molecule has 3 rings (SSSR count). The third-order valence-corrected chi connectivity index (χ3v) is 6.54. The van der Waals surface area contributed by atoms with Gasteiger partial charge in [-0.05, 0) is 61.0 Å². The van der Waals surface area contributed by atoms with Gasteiger partial charge < -0.3 is 10.1 Å². The summed E-state index contributed by atoms with van der Waals surface area (Å²) in [5.41, 5.74) is -0.869. The van der Waals surface area contributed by atoms with Gasteiger partial charge in [-0.15, -0.1) is 0 Å². The largest absolute Gasteiger partial charge is 0.495 e. The van der Waals surface area contributed by atoms with E-state index in [1.165, 1.54) is 31.4 Å². The number of nitrogens with zero attached hydrogens (tertiary/aromatic N) is 1. The summed E-state index contributed by atoms with van der Waals surface area (Å²) in [5.74, 6) is -1.57. The summed E-state index contributed by atoms with van der Waals surface area (Å²) in [6.45, 7) is 0.751. The molecule has 0 heterocycles. The van der Waals surface area contributed by atoms with Gasteiger partial charge in [0.15, 0.2) is 0 Å². The number of hydrogen-bond donors (Lipinski definition) is 1. The first-order chi connectivity index (χ1) is 15.9. The summed E-state index contributed by atoms with van der Waals surface area (Å²) in [4.78, 5) is 12.4. The summed E-state index contributed by atoms with van der Waals surface area (Å²) in [6, 6.07) is 12.8. The lowest BCUT2D eigenvalue weighted by molar-refractivity contribution is -0.137. The molecule has 0 spiro atoms. The number of methoxy groups -OCH3 is 1. The molecule has 0 bridgehead atoms. The number of anilines is 2. The van der Waals surface area contributed by atoms with Crippen LogP contribution in [0.5, 0.6) is 5.75 Å². The van der Waals surface area contributed by atoms with Crippen molar-refractivity contribution >= 4 is 27.3 Å². The Morgan fingerprint density at radius 1 is 1.03 bits per heavy atom. The van der Waals surface area contributed by atoms with Crippen LogP contribution >= 0.6 is 0 Å². The third-order valence-electron chi connectivity index (χ3n) is 4.74. The van der Waals surface area contributed by atoms with Crippen molar-refractivity contribution in [3.05, 3.63) is 83.7 Å². The second kappa shape index (κ2) is 9.72. The van der Waals surface area contributed by atoms with Gasteiger partial charge >= 0.3 is 6.18 Å². The van der Waals surface area contributed by atoms with E-state index in [1.54, 1.807) is 13.0 Å². The van der Waals surface area contributed by atoms with Crippen LogP contribution in [0.4, 0.5) is 28.9 Å². The van der Waals surface area contributed by atoms with E-state index < -0.39 is 40.0 Å². The molecule has 3 aromatic rings. The van der Waals surface area contributed by atoms with Crippen LogP contribution < -0.4 is 14.4 Å². The molecule has 0 fully saturated rings. The quantitative estimate of drug-likeness (QED) is 0.468. The Balaban J connectivity index is 2.09. The van der Waals surface area contributed by atoms with Crippen molar-refractivity contribution in [2.75, 3.05) is 23.3 Å². The third kappa shape index (κ3) is 5.66. The van der Waals surface area contributed by atoms with Crippen molar-refractivity contribution < 1.29 is 35.5 Å². The average molecular weight is 496 g/mol. The molecule has 11 heteroatoms. The van der Waals surface area contributed by atoms with Gasteiger partial charge in [0, 0.05) is 5.69 Å². The highest BCUT2D eigenvalue weighted by atomic mass is 32.2. The number of aryl methyl sites for hydroxylation is 1. The molecule has 0 atom stereocenters. The molecule has 3 aromatic carbocycles. The standard InChI is InChI=1S/C23H20F4N2O4S/c1-15-9-10-20(33-2)21(11-15)34(31,32)29(19-8-3-5-16(12-19)23(25,26)27)14-22(30)28-18-7-4-6-17(24)13-18/h3-13H,14H2,1-2H3,(H,28,30). The Morgan fingerprint density at radius 3 is 2.38 bits per heavy atom. The molecule has 1 N–H and O–H groups in total. The van der Waals surface area contributed by atoms with Gasteiger partial charge in [-0.3, -0.25) is 9.10 Å². The van der Waals surface area contributed by atoms with Crippen LogP contribution in [0.15, 0.2) is 71.6 Å². The number of carbonyl (C=O) groups is 1. The summed E-state index contributed by atoms with van der Waals surface area (Å²) >= 11 is 0. The van der Waals surface area contributed by atoms with Crippen molar-refractivity contribution in [2.24, 2.45) is 0 Å². The fraction of sp³-hybridized carbons (Fsp3) is 0.174. The molecule has 6 nitrogen and oxygen atoms in total. The zero-order valence-electron chi connectivity index (χ0n) is 18.1. The van der Waals surface area contributed by atoms with Crippen molar-refractivity contribution in [2.45, 2.75) is 18.0 Å². The van der Waals surface area contributed by atoms with Crippen molar-refractivity contribution in [3.8, 4) is 5.75 Å². The smallest absolute Gasteiger partial charge is 0.416 e. The topological polar surface area (TPSA) is 75.7 Å². The highest BCUT2D eigenvalue weighted by Gasteiger charge is 2.34. The van der Waals surface area contributed by atoms with E-state index in [2.05, 4.69) is 5.32 Å². The first-order valence-electron chi connectivity index (χ1n) is 9.82. The van der Waals surface area contributed by atoms with Crippen LogP contribution in [0.25, 0.3) is 0 Å². The number of rotatable bonds is 7. The molecule has 0 aliphatic heterocycles. The normalized spacial score (nSPS) is 11.7. The molecule has 0 aromatic heterocycles. The van der Waals surface area contributed by atoms with Crippen LogP contribution in [0.1, 0.15) is 11.1 Å². The molecule has 0 unspecified atom stereocenters. The van der Waals surface area contributed by atoms with Crippen LogP contribution in [0.3, 0.4) is 0 Å². The van der Waals surface area contributed by atoms with Gasteiger partial charge in [0.05, 0.1) is 18.4 Å². The van der Waals surface area contributed by atoms with E-state index in [-0.39, 0.29) is 22.0 Å². The summed E-state index contributed by atoms with van der Waals surface area (Å²) in [6.07, 6.45) is -4.74. The van der Waals surface area contributed by atoms with E-state index in [1.807, 2.05) is 0 Å². The molecule has 0 saturated heterocycles. The Bertz CT molecular complexity index is 1310. The highest BCUT2D eigenvalue weighted by molar-refractivity contribution is 7.93. The van der Waals surface area contributed by atoms with E-state index >= 15 is 0 Å². The number of alkyl halides is 3. The zero-order valence-corrected chi connectivity index (χ0v) is 18.9. The predicted molar refractivity (Wildman–Crippen MR) is 119 cm³/mol. The number of carbonyl (C=O) groups excluding carboxylic acids is 1. The Hall–Kier alpha value is -3.60. The molecule has 0 radical (unpaired) electrons. The summed E-state index contributed by atoms with van der Waals surface area (Å²) < 4.78 is 86.2. The lowest BCUT2D eigenvalue weighted by Gasteiger charge is -2.26. The molecule has 0 aliphatic rings. The van der Waals surface area contributed by atoms with E-state index in [0.29, 0.717) is 15.9 Å². The Labute approximate surface area is 193 Å². The Kier molecular flexibility index (Phi) is 7.15. The van der Waals surface area contributed by atoms with Crippen molar-refractivity contribution in [1.82, 2.24) is 0 Å². The molecule has 34 heavy (non-hydrogen) atoms.